The minimum absolute atomic E-state index is 0.0915. The van der Waals surface area contributed by atoms with E-state index in [1.807, 2.05) is 0 Å². The van der Waals surface area contributed by atoms with Gasteiger partial charge in [0, 0.05) is 13.1 Å². The molecule has 4 nitrogen and oxygen atoms in total. The van der Waals surface area contributed by atoms with Gasteiger partial charge in [0.05, 0.1) is 9.50 Å². The summed E-state index contributed by atoms with van der Waals surface area (Å²) in [7, 11) is 0. The second-order valence-corrected chi connectivity index (χ2v) is 5.81. The van der Waals surface area contributed by atoms with Gasteiger partial charge in [-0.15, -0.1) is 0 Å². The van der Waals surface area contributed by atoms with Crippen molar-refractivity contribution in [3.05, 3.63) is 67.3 Å². The Morgan fingerprint density at radius 2 is 2.14 bits per heavy atom. The number of halogens is 3. The summed E-state index contributed by atoms with van der Waals surface area (Å²) in [6.45, 7) is 2.19. The zero-order valence-corrected chi connectivity index (χ0v) is 14.0. The van der Waals surface area contributed by atoms with E-state index in [4.69, 9.17) is 11.6 Å². The van der Waals surface area contributed by atoms with E-state index in [2.05, 4.69) is 21.2 Å². The molecule has 1 amide bonds. The van der Waals surface area contributed by atoms with Gasteiger partial charge in [-0.25, -0.2) is 4.39 Å². The van der Waals surface area contributed by atoms with Crippen LogP contribution in [0.25, 0.3) is 0 Å². The predicted molar refractivity (Wildman–Crippen MR) is 86.7 cm³/mol. The molecule has 1 N–H and O–H groups in total. The summed E-state index contributed by atoms with van der Waals surface area (Å²) in [4.78, 5) is 24.3. The van der Waals surface area contributed by atoms with Crippen LogP contribution < -0.4 is 10.9 Å². The van der Waals surface area contributed by atoms with Crippen LogP contribution in [-0.2, 0) is 13.1 Å². The molecule has 0 aliphatic heterocycles. The first kappa shape index (κ1) is 16.7. The number of nitrogens with one attached hydrogen (secondary N) is 1. The molecule has 0 aliphatic carbocycles. The lowest BCUT2D eigenvalue weighted by Crippen LogP contribution is -2.32. The van der Waals surface area contributed by atoms with E-state index >= 15 is 0 Å². The molecule has 116 valence electrons. The third-order valence-electron chi connectivity index (χ3n) is 3.07. The first-order valence-corrected chi connectivity index (χ1v) is 7.72. The molecule has 1 aromatic carbocycles. The highest BCUT2D eigenvalue weighted by molar-refractivity contribution is 9.10. The average Bonchev–Trinajstić information content (AvgIpc) is 2.48. The number of hydrogen-bond acceptors (Lipinski definition) is 2. The van der Waals surface area contributed by atoms with Gasteiger partial charge in [-0.05, 0) is 46.6 Å². The summed E-state index contributed by atoms with van der Waals surface area (Å²) in [5, 5.41) is 2.81. The van der Waals surface area contributed by atoms with Crippen molar-refractivity contribution in [2.24, 2.45) is 0 Å². The van der Waals surface area contributed by atoms with E-state index < -0.39 is 5.91 Å². The Bertz CT molecular complexity index is 777. The molecular weight excluding hydrogens is 375 g/mol. The number of hydrogen-bond donors (Lipinski definition) is 1. The van der Waals surface area contributed by atoms with Crippen LogP contribution in [0.3, 0.4) is 0 Å². The molecule has 0 bridgehead atoms. The van der Waals surface area contributed by atoms with E-state index in [0.29, 0.717) is 16.6 Å². The summed E-state index contributed by atoms with van der Waals surface area (Å²) in [5.74, 6) is -0.861. The second kappa shape index (κ2) is 7.07. The molecule has 0 aliphatic rings. The van der Waals surface area contributed by atoms with Crippen LogP contribution in [0.15, 0.2) is 39.6 Å². The molecule has 0 fully saturated rings. The Labute approximate surface area is 140 Å². The topological polar surface area (TPSA) is 51.1 Å². The van der Waals surface area contributed by atoms with Gasteiger partial charge in [0.25, 0.3) is 11.5 Å². The highest BCUT2D eigenvalue weighted by Gasteiger charge is 2.18. The van der Waals surface area contributed by atoms with Gasteiger partial charge in [-0.3, -0.25) is 9.59 Å². The van der Waals surface area contributed by atoms with Crippen molar-refractivity contribution in [1.29, 1.82) is 0 Å². The van der Waals surface area contributed by atoms with Gasteiger partial charge in [0.15, 0.2) is 0 Å². The lowest BCUT2D eigenvalue weighted by molar-refractivity contribution is 0.0940. The van der Waals surface area contributed by atoms with Gasteiger partial charge >= 0.3 is 0 Å². The number of nitrogens with zero attached hydrogens (tertiary/aromatic N) is 1. The summed E-state index contributed by atoms with van der Waals surface area (Å²) in [6.07, 6.45) is 0. The van der Waals surface area contributed by atoms with Crippen molar-refractivity contribution in [2.75, 3.05) is 0 Å². The number of amides is 1. The van der Waals surface area contributed by atoms with Gasteiger partial charge in [-0.1, -0.05) is 23.7 Å². The van der Waals surface area contributed by atoms with Crippen LogP contribution in [0, 0.1) is 5.82 Å². The van der Waals surface area contributed by atoms with Gasteiger partial charge in [0.2, 0.25) is 0 Å². The molecule has 0 atom stereocenters. The first-order valence-electron chi connectivity index (χ1n) is 6.55. The Kier molecular flexibility index (Phi) is 5.37. The number of benzene rings is 1. The Balaban J connectivity index is 2.27. The minimum Gasteiger partial charge on any atom is -0.347 e. The average molecular weight is 388 g/mol. The lowest BCUT2D eigenvalue weighted by atomic mass is 10.2. The Morgan fingerprint density at radius 1 is 1.41 bits per heavy atom. The van der Waals surface area contributed by atoms with Gasteiger partial charge in [-0.2, -0.15) is 0 Å². The number of carbonyl (C=O) groups excluding carboxylic acids is 1. The highest BCUT2D eigenvalue weighted by Crippen LogP contribution is 2.18. The predicted octanol–water partition coefficient (Wildman–Crippen LogP) is 3.35. The molecule has 22 heavy (non-hydrogen) atoms. The van der Waals surface area contributed by atoms with E-state index in [1.54, 1.807) is 19.1 Å². The minimum atomic E-state index is -0.485. The molecular formula is C15H13BrClFN2O2. The maximum Gasteiger partial charge on any atom is 0.269 e. The molecule has 2 aromatic rings. The largest absolute Gasteiger partial charge is 0.347 e. The summed E-state index contributed by atoms with van der Waals surface area (Å²) in [5.41, 5.74) is 0.378. The van der Waals surface area contributed by atoms with E-state index in [1.165, 1.54) is 22.8 Å². The Morgan fingerprint density at radius 3 is 2.77 bits per heavy atom. The SMILES string of the molecule is CCn1c(C(=O)NCc2cccc(F)c2)c(Cl)cc(Br)c1=O. The Hall–Kier alpha value is -1.66. The van der Waals surface area contributed by atoms with Crippen LogP contribution in [0.5, 0.6) is 0 Å². The maximum absolute atomic E-state index is 13.1. The van der Waals surface area contributed by atoms with E-state index in [0.717, 1.165) is 0 Å². The first-order chi connectivity index (χ1) is 10.4. The molecule has 0 saturated heterocycles. The molecule has 0 unspecified atom stereocenters. The number of pyridine rings is 1. The van der Waals surface area contributed by atoms with Crippen molar-refractivity contribution in [2.45, 2.75) is 20.0 Å². The van der Waals surface area contributed by atoms with Crippen LogP contribution in [0.2, 0.25) is 5.02 Å². The third kappa shape index (κ3) is 3.56. The van der Waals surface area contributed by atoms with E-state index in [9.17, 15) is 14.0 Å². The van der Waals surface area contributed by atoms with Crippen molar-refractivity contribution < 1.29 is 9.18 Å². The number of carbonyl (C=O) groups is 1. The molecule has 7 heteroatoms. The summed E-state index contributed by atoms with van der Waals surface area (Å²) in [6, 6.07) is 7.31. The summed E-state index contributed by atoms with van der Waals surface area (Å²) >= 11 is 9.19. The maximum atomic E-state index is 13.1. The zero-order valence-electron chi connectivity index (χ0n) is 11.7. The fourth-order valence-electron chi connectivity index (χ4n) is 2.05. The molecule has 1 heterocycles. The quantitative estimate of drug-likeness (QED) is 0.875. The van der Waals surface area contributed by atoms with Crippen LogP contribution in [0.4, 0.5) is 4.39 Å². The summed E-state index contributed by atoms with van der Waals surface area (Å²) < 4.78 is 14.7. The van der Waals surface area contributed by atoms with Crippen LogP contribution >= 0.6 is 27.5 Å². The monoisotopic (exact) mass is 386 g/mol. The van der Waals surface area contributed by atoms with Crippen molar-refractivity contribution in [3.8, 4) is 0 Å². The van der Waals surface area contributed by atoms with Crippen molar-refractivity contribution in [1.82, 2.24) is 9.88 Å². The second-order valence-electron chi connectivity index (χ2n) is 4.55. The van der Waals surface area contributed by atoms with Crippen LogP contribution in [-0.4, -0.2) is 10.5 Å². The zero-order chi connectivity index (χ0) is 16.3. The van der Waals surface area contributed by atoms with Crippen LogP contribution in [0.1, 0.15) is 23.0 Å². The van der Waals surface area contributed by atoms with Crippen molar-refractivity contribution >= 4 is 33.4 Å². The molecule has 0 radical (unpaired) electrons. The number of aromatic nitrogens is 1. The molecule has 1 aromatic heterocycles. The van der Waals surface area contributed by atoms with Gasteiger partial charge < -0.3 is 9.88 Å². The third-order valence-corrected chi connectivity index (χ3v) is 3.93. The standard InChI is InChI=1S/C15H13BrClFN2O2/c1-2-20-13(12(17)7-11(16)15(20)22)14(21)19-8-9-4-3-5-10(18)6-9/h3-7H,2,8H2,1H3,(H,19,21). The fraction of sp³-hybridized carbons (Fsp3) is 0.200. The van der Waals surface area contributed by atoms with Crippen molar-refractivity contribution in [3.63, 3.8) is 0 Å². The fourth-order valence-corrected chi connectivity index (χ4v) is 2.92. The molecule has 0 saturated carbocycles. The molecule has 0 spiro atoms. The lowest BCUT2D eigenvalue weighted by Gasteiger charge is -2.13. The molecule has 2 rings (SSSR count). The van der Waals surface area contributed by atoms with E-state index in [-0.39, 0.29) is 28.6 Å². The highest BCUT2D eigenvalue weighted by atomic mass is 79.9. The normalized spacial score (nSPS) is 10.5. The number of rotatable bonds is 4. The van der Waals surface area contributed by atoms with Gasteiger partial charge in [0.1, 0.15) is 11.5 Å². The smallest absolute Gasteiger partial charge is 0.269 e.